The van der Waals surface area contributed by atoms with Gasteiger partial charge in [0.1, 0.15) is 0 Å². The Bertz CT molecular complexity index is 817. The highest BCUT2D eigenvalue weighted by atomic mass is 16.4. The third-order valence-electron chi connectivity index (χ3n) is 4.83. The van der Waals surface area contributed by atoms with Gasteiger partial charge in [-0.25, -0.2) is 0 Å². The van der Waals surface area contributed by atoms with Crippen molar-refractivity contribution in [1.29, 1.82) is 0 Å². The minimum Gasteiger partial charge on any atom is -0.481 e. The van der Waals surface area contributed by atoms with E-state index < -0.39 is 23.9 Å². The van der Waals surface area contributed by atoms with Crippen LogP contribution in [0.25, 0.3) is 11.1 Å². The minimum atomic E-state index is -0.926. The summed E-state index contributed by atoms with van der Waals surface area (Å²) in [6.07, 6.45) is 0.774. The third-order valence-corrected chi connectivity index (χ3v) is 4.83. The molecule has 0 amide bonds. The van der Waals surface area contributed by atoms with Crippen LogP contribution in [0.4, 0.5) is 0 Å². The van der Waals surface area contributed by atoms with Crippen LogP contribution < -0.4 is 5.32 Å². The first-order valence-corrected chi connectivity index (χ1v) is 9.74. The number of carboxylic acid groups (broad SMARTS) is 2. The van der Waals surface area contributed by atoms with Gasteiger partial charge in [0, 0.05) is 12.8 Å². The van der Waals surface area contributed by atoms with Crippen LogP contribution >= 0.6 is 0 Å². The summed E-state index contributed by atoms with van der Waals surface area (Å²) in [6, 6.07) is 17.0. The maximum absolute atomic E-state index is 12.7. The van der Waals surface area contributed by atoms with E-state index in [0.717, 1.165) is 16.7 Å². The number of nitrogens with one attached hydrogen (secondary N) is 1. The third kappa shape index (κ3) is 7.16. The predicted molar refractivity (Wildman–Crippen MR) is 111 cm³/mol. The fourth-order valence-electron chi connectivity index (χ4n) is 3.04. The van der Waals surface area contributed by atoms with E-state index in [1.54, 1.807) is 6.92 Å². The summed E-state index contributed by atoms with van der Waals surface area (Å²) >= 11 is 0. The number of benzene rings is 2. The van der Waals surface area contributed by atoms with Gasteiger partial charge in [-0.05, 0) is 36.1 Å². The first-order valence-electron chi connectivity index (χ1n) is 9.74. The molecule has 0 aromatic heterocycles. The number of hydrogen-bond acceptors (Lipinski definition) is 4. The zero-order chi connectivity index (χ0) is 21.2. The van der Waals surface area contributed by atoms with Crippen molar-refractivity contribution in [2.75, 3.05) is 6.54 Å². The summed E-state index contributed by atoms with van der Waals surface area (Å²) in [5, 5.41) is 21.0. The zero-order valence-corrected chi connectivity index (χ0v) is 16.5. The summed E-state index contributed by atoms with van der Waals surface area (Å²) in [7, 11) is 0. The van der Waals surface area contributed by atoms with Gasteiger partial charge in [-0.15, -0.1) is 0 Å². The maximum atomic E-state index is 12.7. The zero-order valence-electron chi connectivity index (χ0n) is 16.5. The number of carbonyl (C=O) groups excluding carboxylic acids is 1. The molecular weight excluding hydrogens is 370 g/mol. The van der Waals surface area contributed by atoms with E-state index >= 15 is 0 Å². The van der Waals surface area contributed by atoms with Gasteiger partial charge in [-0.2, -0.15) is 0 Å². The molecule has 6 heteroatoms. The van der Waals surface area contributed by atoms with Crippen molar-refractivity contribution < 1.29 is 24.6 Å². The molecule has 2 aromatic carbocycles. The van der Waals surface area contributed by atoms with Crippen LogP contribution in [0.15, 0.2) is 54.6 Å². The van der Waals surface area contributed by atoms with E-state index in [4.69, 9.17) is 10.2 Å². The molecule has 0 aliphatic rings. The predicted octanol–water partition coefficient (Wildman–Crippen LogP) is 3.92. The van der Waals surface area contributed by atoms with Crippen LogP contribution in [0.1, 0.15) is 44.2 Å². The molecule has 0 radical (unpaired) electrons. The van der Waals surface area contributed by atoms with Gasteiger partial charge >= 0.3 is 11.9 Å². The molecular formula is C23H27NO5. The number of carbonyl (C=O) groups is 3. The Morgan fingerprint density at radius 1 is 0.897 bits per heavy atom. The van der Waals surface area contributed by atoms with E-state index in [9.17, 15) is 14.4 Å². The van der Waals surface area contributed by atoms with Gasteiger partial charge in [0.05, 0.1) is 12.0 Å². The molecule has 0 aliphatic heterocycles. The first-order chi connectivity index (χ1) is 13.9. The van der Waals surface area contributed by atoms with Crippen molar-refractivity contribution >= 4 is 17.7 Å². The van der Waals surface area contributed by atoms with Gasteiger partial charge in [-0.3, -0.25) is 14.4 Å². The van der Waals surface area contributed by atoms with Crippen molar-refractivity contribution in [2.45, 2.75) is 38.6 Å². The molecule has 29 heavy (non-hydrogen) atoms. The van der Waals surface area contributed by atoms with Crippen LogP contribution in [0, 0.1) is 5.92 Å². The van der Waals surface area contributed by atoms with Gasteiger partial charge in [0.2, 0.25) is 0 Å². The van der Waals surface area contributed by atoms with Crippen LogP contribution in [0.3, 0.4) is 0 Å². The second-order valence-electron chi connectivity index (χ2n) is 7.12. The fraction of sp³-hybridized carbons (Fsp3) is 0.348. The molecule has 2 atom stereocenters. The summed E-state index contributed by atoms with van der Waals surface area (Å²) in [5.41, 5.74) is 2.89. The van der Waals surface area contributed by atoms with Crippen LogP contribution in [0.5, 0.6) is 0 Å². The lowest BCUT2D eigenvalue weighted by molar-refractivity contribution is -0.141. The Labute approximate surface area is 170 Å². The summed E-state index contributed by atoms with van der Waals surface area (Å²) in [6.45, 7) is 2.01. The molecule has 0 heterocycles. The highest BCUT2D eigenvalue weighted by molar-refractivity contribution is 5.86. The van der Waals surface area contributed by atoms with Crippen molar-refractivity contribution in [3.8, 4) is 11.1 Å². The molecule has 2 rings (SSSR count). The van der Waals surface area contributed by atoms with Crippen molar-refractivity contribution in [3.63, 3.8) is 0 Å². The lowest BCUT2D eigenvalue weighted by atomic mass is 9.96. The average molecular weight is 397 g/mol. The SMILES string of the molecule is C[C@H](CCNC(C(=O)CCCC(=O)O)c1ccc(-c2ccccc2)cc1)C(=O)O. The lowest BCUT2D eigenvalue weighted by Crippen LogP contribution is -2.31. The normalized spacial score (nSPS) is 12.9. The van der Waals surface area contributed by atoms with E-state index in [2.05, 4.69) is 5.32 Å². The quantitative estimate of drug-likeness (QED) is 0.501. The van der Waals surface area contributed by atoms with Crippen molar-refractivity contribution in [3.05, 3.63) is 60.2 Å². The Kier molecular flexibility index (Phi) is 8.55. The van der Waals surface area contributed by atoms with E-state index in [0.29, 0.717) is 13.0 Å². The molecule has 0 spiro atoms. The van der Waals surface area contributed by atoms with Gasteiger partial charge in [0.15, 0.2) is 5.78 Å². The standard InChI is InChI=1S/C23H27NO5/c1-16(23(28)29)14-15-24-22(20(25)8-5-9-21(26)27)19-12-10-18(11-13-19)17-6-3-2-4-7-17/h2-4,6-7,10-13,16,22,24H,5,8-9,14-15H2,1H3,(H,26,27)(H,28,29)/t16-,22?/m1/s1. The Hall–Kier alpha value is -2.99. The second kappa shape index (κ2) is 11.1. The molecule has 0 fully saturated rings. The molecule has 0 saturated heterocycles. The van der Waals surface area contributed by atoms with Gasteiger partial charge < -0.3 is 15.5 Å². The van der Waals surface area contributed by atoms with Gasteiger partial charge in [-0.1, -0.05) is 61.5 Å². The number of Topliss-reactive ketones (excluding diaryl/α,β-unsaturated/α-hetero) is 1. The number of carboxylic acids is 2. The van der Waals surface area contributed by atoms with Gasteiger partial charge in [0.25, 0.3) is 0 Å². The van der Waals surface area contributed by atoms with E-state index in [-0.39, 0.29) is 25.0 Å². The largest absolute Gasteiger partial charge is 0.481 e. The smallest absolute Gasteiger partial charge is 0.306 e. The highest BCUT2D eigenvalue weighted by Crippen LogP contribution is 2.23. The summed E-state index contributed by atoms with van der Waals surface area (Å²) in [4.78, 5) is 34.4. The molecule has 6 nitrogen and oxygen atoms in total. The van der Waals surface area contributed by atoms with Crippen LogP contribution in [-0.4, -0.2) is 34.5 Å². The van der Waals surface area contributed by atoms with Crippen LogP contribution in [-0.2, 0) is 14.4 Å². The van der Waals surface area contributed by atoms with E-state index in [1.807, 2.05) is 54.6 Å². The number of ketones is 1. The van der Waals surface area contributed by atoms with E-state index in [1.165, 1.54) is 0 Å². The molecule has 1 unspecified atom stereocenters. The molecule has 0 saturated carbocycles. The van der Waals surface area contributed by atoms with Crippen LogP contribution in [0.2, 0.25) is 0 Å². The highest BCUT2D eigenvalue weighted by Gasteiger charge is 2.21. The Morgan fingerprint density at radius 3 is 2.10 bits per heavy atom. The molecule has 154 valence electrons. The topological polar surface area (TPSA) is 104 Å². The first kappa shape index (κ1) is 22.3. The second-order valence-corrected chi connectivity index (χ2v) is 7.12. The fourth-order valence-corrected chi connectivity index (χ4v) is 3.04. The average Bonchev–Trinajstić information content (AvgIpc) is 2.71. The number of hydrogen-bond donors (Lipinski definition) is 3. The number of rotatable bonds is 12. The molecule has 3 N–H and O–H groups in total. The molecule has 0 aliphatic carbocycles. The lowest BCUT2D eigenvalue weighted by Gasteiger charge is -2.19. The van der Waals surface area contributed by atoms with Crippen molar-refractivity contribution in [2.24, 2.45) is 5.92 Å². The Morgan fingerprint density at radius 2 is 1.52 bits per heavy atom. The Balaban J connectivity index is 2.11. The molecule has 0 bridgehead atoms. The minimum absolute atomic E-state index is 0.0541. The number of aliphatic carboxylic acids is 2. The monoisotopic (exact) mass is 397 g/mol. The maximum Gasteiger partial charge on any atom is 0.306 e. The summed E-state index contributed by atoms with van der Waals surface area (Å²) in [5.74, 6) is -2.40. The molecule has 2 aromatic rings. The summed E-state index contributed by atoms with van der Waals surface area (Å²) < 4.78 is 0. The van der Waals surface area contributed by atoms with Crippen molar-refractivity contribution in [1.82, 2.24) is 5.32 Å².